The summed E-state index contributed by atoms with van der Waals surface area (Å²) in [5.74, 6) is 2.12. The van der Waals surface area contributed by atoms with Gasteiger partial charge in [0.1, 0.15) is 6.61 Å². The summed E-state index contributed by atoms with van der Waals surface area (Å²) in [6, 6.07) is 13.9. The van der Waals surface area contributed by atoms with Gasteiger partial charge in [-0.2, -0.15) is 0 Å². The lowest BCUT2D eigenvalue weighted by Gasteiger charge is -2.12. The van der Waals surface area contributed by atoms with Crippen LogP contribution >= 0.6 is 11.3 Å². The summed E-state index contributed by atoms with van der Waals surface area (Å²) in [6.07, 6.45) is 1.81. The average molecular weight is 370 g/mol. The highest BCUT2D eigenvalue weighted by Crippen LogP contribution is 2.29. The van der Waals surface area contributed by atoms with Crippen LogP contribution in [0, 0.1) is 0 Å². The lowest BCUT2D eigenvalue weighted by atomic mass is 10.2. The van der Waals surface area contributed by atoms with Crippen LogP contribution in [0.4, 0.5) is 0 Å². The third-order valence-electron chi connectivity index (χ3n) is 3.84. The first kappa shape index (κ1) is 18.2. The molecule has 0 amide bonds. The van der Waals surface area contributed by atoms with Crippen LogP contribution in [0.2, 0.25) is 0 Å². The van der Waals surface area contributed by atoms with Crippen LogP contribution in [0.3, 0.4) is 0 Å². The number of benzene rings is 1. The number of nitrogens with one attached hydrogen (secondary N) is 1. The molecule has 0 aliphatic heterocycles. The quantitative estimate of drug-likeness (QED) is 0.616. The number of aromatic nitrogens is 1. The maximum atomic E-state index is 5.87. The van der Waals surface area contributed by atoms with Gasteiger partial charge in [0.15, 0.2) is 11.5 Å². The largest absolute Gasteiger partial charge is 0.493 e. The third kappa shape index (κ3) is 4.97. The Morgan fingerprint density at radius 2 is 1.81 bits per heavy atom. The van der Waals surface area contributed by atoms with Gasteiger partial charge in [-0.15, -0.1) is 11.3 Å². The monoisotopic (exact) mass is 370 g/mol. The van der Waals surface area contributed by atoms with Gasteiger partial charge in [-0.25, -0.2) is 4.98 Å². The molecule has 0 saturated carbocycles. The smallest absolute Gasteiger partial charge is 0.212 e. The number of rotatable bonds is 9. The van der Waals surface area contributed by atoms with Gasteiger partial charge in [0, 0.05) is 30.2 Å². The Balaban J connectivity index is 1.54. The number of hydrogen-bond acceptors (Lipinski definition) is 6. The molecule has 0 unspecified atom stereocenters. The molecule has 3 aromatic rings. The number of hydrogen-bond donors (Lipinski definition) is 1. The predicted molar refractivity (Wildman–Crippen MR) is 103 cm³/mol. The molecule has 0 aliphatic carbocycles. The molecule has 2 aromatic heterocycles. The number of methoxy groups -OCH3 is 2. The van der Waals surface area contributed by atoms with E-state index in [1.807, 2.05) is 48.0 Å². The van der Waals surface area contributed by atoms with E-state index >= 15 is 0 Å². The minimum Gasteiger partial charge on any atom is -0.493 e. The molecule has 26 heavy (non-hydrogen) atoms. The second kappa shape index (κ2) is 9.22. The Kier molecular flexibility index (Phi) is 6.46. The molecule has 0 fully saturated rings. The molecule has 1 N–H and O–H groups in total. The highest BCUT2D eigenvalue weighted by atomic mass is 32.1. The fourth-order valence-corrected chi connectivity index (χ4v) is 3.09. The Labute approximate surface area is 157 Å². The highest BCUT2D eigenvalue weighted by molar-refractivity contribution is 7.09. The van der Waals surface area contributed by atoms with Gasteiger partial charge >= 0.3 is 0 Å². The Bertz CT molecular complexity index is 804. The van der Waals surface area contributed by atoms with E-state index in [0.717, 1.165) is 35.7 Å². The van der Waals surface area contributed by atoms with Gasteiger partial charge in [0.05, 0.1) is 14.2 Å². The van der Waals surface area contributed by atoms with Crippen molar-refractivity contribution in [1.29, 1.82) is 0 Å². The third-order valence-corrected chi connectivity index (χ3v) is 4.69. The number of thiophene rings is 1. The fourth-order valence-electron chi connectivity index (χ4n) is 2.47. The number of ether oxygens (including phenoxy) is 3. The van der Waals surface area contributed by atoms with Crippen LogP contribution in [-0.4, -0.2) is 19.2 Å². The molecular formula is C20H22N2O3S. The van der Waals surface area contributed by atoms with Crippen molar-refractivity contribution in [3.8, 4) is 17.4 Å². The standard InChI is InChI=1S/C20H22N2O3S/c1-23-19-10-15(5-7-18(19)25-14-17-4-3-9-26-17)11-21-12-16-6-8-20(24-2)22-13-16/h3-10,13,21H,11-12,14H2,1-2H3. The summed E-state index contributed by atoms with van der Waals surface area (Å²) in [7, 11) is 3.27. The van der Waals surface area contributed by atoms with Crippen molar-refractivity contribution in [2.45, 2.75) is 19.7 Å². The molecule has 0 radical (unpaired) electrons. The predicted octanol–water partition coefficient (Wildman–Crippen LogP) is 4.03. The van der Waals surface area contributed by atoms with Gasteiger partial charge in [-0.3, -0.25) is 0 Å². The summed E-state index contributed by atoms with van der Waals surface area (Å²) in [6.45, 7) is 2.01. The molecular weight excluding hydrogens is 348 g/mol. The molecule has 1 aromatic carbocycles. The molecule has 0 spiro atoms. The zero-order valence-electron chi connectivity index (χ0n) is 14.9. The van der Waals surface area contributed by atoms with Crippen LogP contribution in [0.5, 0.6) is 17.4 Å². The minimum absolute atomic E-state index is 0.552. The molecule has 0 atom stereocenters. The van der Waals surface area contributed by atoms with E-state index in [0.29, 0.717) is 12.5 Å². The highest BCUT2D eigenvalue weighted by Gasteiger charge is 2.07. The minimum atomic E-state index is 0.552. The Morgan fingerprint density at radius 1 is 0.962 bits per heavy atom. The molecule has 5 nitrogen and oxygen atoms in total. The fraction of sp³-hybridized carbons (Fsp3) is 0.250. The maximum absolute atomic E-state index is 5.87. The number of nitrogens with zero attached hydrogens (tertiary/aromatic N) is 1. The Morgan fingerprint density at radius 3 is 2.50 bits per heavy atom. The van der Waals surface area contributed by atoms with Crippen molar-refractivity contribution in [2.24, 2.45) is 0 Å². The van der Waals surface area contributed by atoms with Gasteiger partial charge in [0.25, 0.3) is 0 Å². The van der Waals surface area contributed by atoms with E-state index in [4.69, 9.17) is 14.2 Å². The average Bonchev–Trinajstić information content (AvgIpc) is 3.21. The van der Waals surface area contributed by atoms with Crippen molar-refractivity contribution < 1.29 is 14.2 Å². The molecule has 6 heteroatoms. The normalized spacial score (nSPS) is 10.5. The van der Waals surface area contributed by atoms with Crippen molar-refractivity contribution >= 4 is 11.3 Å². The molecule has 3 rings (SSSR count). The van der Waals surface area contributed by atoms with Crippen molar-refractivity contribution in [3.63, 3.8) is 0 Å². The van der Waals surface area contributed by atoms with E-state index in [1.165, 1.54) is 4.88 Å². The first-order valence-electron chi connectivity index (χ1n) is 8.30. The van der Waals surface area contributed by atoms with Gasteiger partial charge in [-0.1, -0.05) is 18.2 Å². The summed E-state index contributed by atoms with van der Waals surface area (Å²) in [5.41, 5.74) is 2.24. The number of pyridine rings is 1. The summed E-state index contributed by atoms with van der Waals surface area (Å²) >= 11 is 1.68. The van der Waals surface area contributed by atoms with Crippen molar-refractivity contribution in [1.82, 2.24) is 10.3 Å². The van der Waals surface area contributed by atoms with E-state index in [-0.39, 0.29) is 0 Å². The zero-order valence-corrected chi connectivity index (χ0v) is 15.7. The van der Waals surface area contributed by atoms with Crippen LogP contribution in [0.15, 0.2) is 54.0 Å². The zero-order chi connectivity index (χ0) is 18.2. The molecule has 2 heterocycles. The van der Waals surface area contributed by atoms with Gasteiger partial charge < -0.3 is 19.5 Å². The van der Waals surface area contributed by atoms with Crippen LogP contribution in [0.25, 0.3) is 0 Å². The molecule has 0 aliphatic rings. The summed E-state index contributed by atoms with van der Waals surface area (Å²) in [5, 5.41) is 5.45. The van der Waals surface area contributed by atoms with Crippen molar-refractivity contribution in [3.05, 3.63) is 70.0 Å². The molecule has 0 bridgehead atoms. The van der Waals surface area contributed by atoms with Gasteiger partial charge in [0.2, 0.25) is 5.88 Å². The first-order chi connectivity index (χ1) is 12.8. The lowest BCUT2D eigenvalue weighted by molar-refractivity contribution is 0.287. The summed E-state index contributed by atoms with van der Waals surface area (Å²) < 4.78 is 16.4. The first-order valence-corrected chi connectivity index (χ1v) is 9.18. The van der Waals surface area contributed by atoms with E-state index < -0.39 is 0 Å². The van der Waals surface area contributed by atoms with Gasteiger partial charge in [-0.05, 0) is 34.7 Å². The lowest BCUT2D eigenvalue weighted by Crippen LogP contribution is -2.13. The second-order valence-electron chi connectivity index (χ2n) is 5.67. The van der Waals surface area contributed by atoms with E-state index in [1.54, 1.807) is 25.6 Å². The maximum Gasteiger partial charge on any atom is 0.212 e. The summed E-state index contributed by atoms with van der Waals surface area (Å²) in [4.78, 5) is 5.39. The topological polar surface area (TPSA) is 52.6 Å². The van der Waals surface area contributed by atoms with E-state index in [2.05, 4.69) is 16.4 Å². The second-order valence-corrected chi connectivity index (χ2v) is 6.70. The van der Waals surface area contributed by atoms with Crippen molar-refractivity contribution in [2.75, 3.05) is 14.2 Å². The molecule has 136 valence electrons. The van der Waals surface area contributed by atoms with Crippen LogP contribution in [0.1, 0.15) is 16.0 Å². The van der Waals surface area contributed by atoms with E-state index in [9.17, 15) is 0 Å². The Hall–Kier alpha value is -2.57. The SMILES string of the molecule is COc1ccc(CNCc2ccc(OCc3cccs3)c(OC)c2)cn1. The van der Waals surface area contributed by atoms with Crippen LogP contribution in [-0.2, 0) is 19.7 Å². The van der Waals surface area contributed by atoms with Crippen LogP contribution < -0.4 is 19.5 Å². The molecule has 0 saturated heterocycles.